The number of hydrogen-bond donors (Lipinski definition) is 0. The zero-order valence-corrected chi connectivity index (χ0v) is 13.6. The zero-order chi connectivity index (χ0) is 15.0. The maximum atomic E-state index is 6.19. The van der Waals surface area contributed by atoms with Gasteiger partial charge in [0.05, 0.1) is 17.1 Å². The predicted octanol–water partition coefficient (Wildman–Crippen LogP) is 3.09. The van der Waals surface area contributed by atoms with E-state index in [2.05, 4.69) is 47.2 Å². The second-order valence-corrected chi connectivity index (χ2v) is 6.04. The molecule has 0 saturated heterocycles. The Morgan fingerprint density at radius 3 is 2.76 bits per heavy atom. The number of nitrogens with zero attached hydrogens (tertiary/aromatic N) is 4. The summed E-state index contributed by atoms with van der Waals surface area (Å²) >= 11 is 6.19. The molecule has 3 rings (SSSR count). The highest BCUT2D eigenvalue weighted by Crippen LogP contribution is 2.35. The van der Waals surface area contributed by atoms with Gasteiger partial charge in [-0.1, -0.05) is 18.5 Å². The zero-order valence-electron chi connectivity index (χ0n) is 12.8. The third-order valence-electron chi connectivity index (χ3n) is 4.08. The van der Waals surface area contributed by atoms with Gasteiger partial charge in [0.25, 0.3) is 0 Å². The lowest BCUT2D eigenvalue weighted by Crippen LogP contribution is -2.38. The molecule has 0 fully saturated rings. The van der Waals surface area contributed by atoms with Gasteiger partial charge in [0.1, 0.15) is 0 Å². The largest absolute Gasteiger partial charge is 0.371 e. The first kappa shape index (κ1) is 14.3. The molecule has 0 spiro atoms. The van der Waals surface area contributed by atoms with E-state index in [1.165, 1.54) is 22.6 Å². The summed E-state index contributed by atoms with van der Waals surface area (Å²) in [5, 5.41) is 5.32. The van der Waals surface area contributed by atoms with Crippen LogP contribution in [0, 0.1) is 0 Å². The predicted molar refractivity (Wildman–Crippen MR) is 88.4 cm³/mol. The smallest absolute Gasteiger partial charge is 0.0671 e. The van der Waals surface area contributed by atoms with Crippen molar-refractivity contribution in [1.29, 1.82) is 0 Å². The maximum absolute atomic E-state index is 6.19. The van der Waals surface area contributed by atoms with Gasteiger partial charge in [-0.25, -0.2) is 0 Å². The fourth-order valence-corrected chi connectivity index (χ4v) is 3.13. The molecule has 0 amide bonds. The highest BCUT2D eigenvalue weighted by atomic mass is 35.5. The lowest BCUT2D eigenvalue weighted by molar-refractivity contribution is 0.731. The first-order chi connectivity index (χ1) is 10.1. The Morgan fingerprint density at radius 1 is 1.19 bits per heavy atom. The summed E-state index contributed by atoms with van der Waals surface area (Å²) in [6.07, 6.45) is 3.09. The van der Waals surface area contributed by atoms with E-state index in [0.29, 0.717) is 0 Å². The summed E-state index contributed by atoms with van der Waals surface area (Å²) in [5.41, 5.74) is 4.94. The van der Waals surface area contributed by atoms with E-state index in [0.717, 1.165) is 31.1 Å². The molecule has 0 atom stereocenters. The van der Waals surface area contributed by atoms with Crippen LogP contribution in [0.15, 0.2) is 24.4 Å². The molecule has 0 unspecified atom stereocenters. The molecule has 1 aliphatic heterocycles. The summed E-state index contributed by atoms with van der Waals surface area (Å²) in [4.78, 5) is 4.68. The first-order valence-corrected chi connectivity index (χ1v) is 7.73. The minimum Gasteiger partial charge on any atom is -0.371 e. The van der Waals surface area contributed by atoms with Crippen molar-refractivity contribution in [3.8, 4) is 0 Å². The number of hydrogen-bond acceptors (Lipinski definition) is 3. The van der Waals surface area contributed by atoms with E-state index in [-0.39, 0.29) is 0 Å². The molecule has 1 aromatic heterocycles. The van der Waals surface area contributed by atoms with Crippen molar-refractivity contribution in [2.75, 3.05) is 29.9 Å². The van der Waals surface area contributed by atoms with E-state index < -0.39 is 0 Å². The van der Waals surface area contributed by atoms with Crippen LogP contribution < -0.4 is 9.80 Å². The van der Waals surface area contributed by atoms with Crippen LogP contribution in [-0.2, 0) is 20.0 Å². The quantitative estimate of drug-likeness (QED) is 0.871. The Labute approximate surface area is 130 Å². The minimum atomic E-state index is 0.788. The normalized spacial score (nSPS) is 14.5. The third kappa shape index (κ3) is 2.72. The van der Waals surface area contributed by atoms with Crippen LogP contribution in [0.5, 0.6) is 0 Å². The minimum absolute atomic E-state index is 0.788. The second-order valence-electron chi connectivity index (χ2n) is 5.60. The Morgan fingerprint density at radius 2 is 2.00 bits per heavy atom. The average Bonchev–Trinajstić information content (AvgIpc) is 2.82. The van der Waals surface area contributed by atoms with Crippen molar-refractivity contribution >= 4 is 23.0 Å². The first-order valence-electron chi connectivity index (χ1n) is 7.35. The fraction of sp³-hybridized carbons (Fsp3) is 0.438. The van der Waals surface area contributed by atoms with Crippen LogP contribution in [-0.4, -0.2) is 29.9 Å². The number of aryl methyl sites for hydroxylation is 2. The molecule has 0 bridgehead atoms. The van der Waals surface area contributed by atoms with E-state index in [1.807, 2.05) is 17.8 Å². The summed E-state index contributed by atoms with van der Waals surface area (Å²) in [6.45, 7) is 5.07. The van der Waals surface area contributed by atoms with Crippen LogP contribution in [0.2, 0.25) is 5.02 Å². The topological polar surface area (TPSA) is 24.3 Å². The lowest BCUT2D eigenvalue weighted by Gasteiger charge is -2.37. The highest BCUT2D eigenvalue weighted by molar-refractivity contribution is 6.31. The average molecular weight is 305 g/mol. The summed E-state index contributed by atoms with van der Waals surface area (Å²) in [7, 11) is 4.11. The molecule has 1 aliphatic rings. The van der Waals surface area contributed by atoms with E-state index in [4.69, 9.17) is 11.6 Å². The highest BCUT2D eigenvalue weighted by Gasteiger charge is 2.22. The van der Waals surface area contributed by atoms with Crippen molar-refractivity contribution in [1.82, 2.24) is 9.78 Å². The number of halogens is 1. The maximum Gasteiger partial charge on any atom is 0.0671 e. The van der Waals surface area contributed by atoms with Gasteiger partial charge in [0, 0.05) is 50.5 Å². The standard InChI is InChI=1S/C16H21ClN4/c1-4-14-12(10-20(3)18-14)11-21-8-7-19(2)15-6-5-13(17)9-16(15)21/h5-6,9-10H,4,7-8,11H2,1-3H3. The Balaban J connectivity index is 1.93. The van der Waals surface area contributed by atoms with Gasteiger partial charge in [-0.2, -0.15) is 5.10 Å². The van der Waals surface area contributed by atoms with Gasteiger partial charge in [-0.3, -0.25) is 4.68 Å². The van der Waals surface area contributed by atoms with Gasteiger partial charge in [0.2, 0.25) is 0 Å². The molecule has 1 aromatic carbocycles. The Bertz CT molecular complexity index is 650. The van der Waals surface area contributed by atoms with Gasteiger partial charge < -0.3 is 9.80 Å². The van der Waals surface area contributed by atoms with E-state index >= 15 is 0 Å². The molecular formula is C16H21ClN4. The van der Waals surface area contributed by atoms with Crippen molar-refractivity contribution in [3.05, 3.63) is 40.7 Å². The van der Waals surface area contributed by atoms with Crippen LogP contribution in [0.1, 0.15) is 18.2 Å². The number of rotatable bonds is 3. The van der Waals surface area contributed by atoms with E-state index in [9.17, 15) is 0 Å². The molecule has 0 N–H and O–H groups in total. The van der Waals surface area contributed by atoms with Crippen LogP contribution in [0.4, 0.5) is 11.4 Å². The summed E-state index contributed by atoms with van der Waals surface area (Å²) in [6, 6.07) is 6.13. The fourth-order valence-electron chi connectivity index (χ4n) is 2.97. The van der Waals surface area contributed by atoms with Crippen molar-refractivity contribution in [2.45, 2.75) is 19.9 Å². The van der Waals surface area contributed by atoms with Crippen LogP contribution in [0.25, 0.3) is 0 Å². The SMILES string of the molecule is CCc1nn(C)cc1CN1CCN(C)c2ccc(Cl)cc21. The molecule has 2 aromatic rings. The molecular weight excluding hydrogens is 284 g/mol. The number of anilines is 2. The third-order valence-corrected chi connectivity index (χ3v) is 4.32. The van der Waals surface area contributed by atoms with Gasteiger partial charge >= 0.3 is 0 Å². The molecule has 4 nitrogen and oxygen atoms in total. The number of aromatic nitrogens is 2. The van der Waals surface area contributed by atoms with Gasteiger partial charge in [-0.05, 0) is 24.6 Å². The summed E-state index contributed by atoms with van der Waals surface area (Å²) in [5.74, 6) is 0. The summed E-state index contributed by atoms with van der Waals surface area (Å²) < 4.78 is 1.91. The molecule has 21 heavy (non-hydrogen) atoms. The number of benzene rings is 1. The lowest BCUT2D eigenvalue weighted by atomic mass is 10.1. The number of likely N-dealkylation sites (N-methyl/N-ethyl adjacent to an activating group) is 1. The molecule has 0 saturated carbocycles. The Hall–Kier alpha value is -1.68. The Kier molecular flexibility index (Phi) is 3.81. The monoisotopic (exact) mass is 304 g/mol. The van der Waals surface area contributed by atoms with Crippen molar-refractivity contribution in [3.63, 3.8) is 0 Å². The van der Waals surface area contributed by atoms with Gasteiger partial charge in [-0.15, -0.1) is 0 Å². The van der Waals surface area contributed by atoms with E-state index in [1.54, 1.807) is 0 Å². The molecule has 2 heterocycles. The van der Waals surface area contributed by atoms with Crippen LogP contribution in [0.3, 0.4) is 0 Å². The second kappa shape index (κ2) is 5.60. The number of fused-ring (bicyclic) bond motifs is 1. The van der Waals surface area contributed by atoms with Crippen molar-refractivity contribution < 1.29 is 0 Å². The van der Waals surface area contributed by atoms with Gasteiger partial charge in [0.15, 0.2) is 0 Å². The molecule has 5 heteroatoms. The van der Waals surface area contributed by atoms with Crippen molar-refractivity contribution in [2.24, 2.45) is 7.05 Å². The molecule has 112 valence electrons. The molecule has 0 radical (unpaired) electrons. The van der Waals surface area contributed by atoms with Crippen LogP contribution >= 0.6 is 11.6 Å². The molecule has 0 aliphatic carbocycles.